The number of likely N-dealkylation sites (tertiary alicyclic amines) is 1. The largest absolute Gasteiger partial charge is 0.338 e. The van der Waals surface area contributed by atoms with Crippen LogP contribution in [-0.4, -0.2) is 51.0 Å². The number of amides is 1. The van der Waals surface area contributed by atoms with E-state index < -0.39 is 0 Å². The van der Waals surface area contributed by atoms with Gasteiger partial charge in [-0.1, -0.05) is 18.2 Å². The molecule has 2 aromatic heterocycles. The van der Waals surface area contributed by atoms with Crippen LogP contribution in [0.4, 0.5) is 5.95 Å². The Hall–Kier alpha value is -3.48. The van der Waals surface area contributed by atoms with Gasteiger partial charge in [0.25, 0.3) is 11.5 Å². The van der Waals surface area contributed by atoms with E-state index in [1.54, 1.807) is 30.1 Å². The van der Waals surface area contributed by atoms with Crippen molar-refractivity contribution in [3.63, 3.8) is 0 Å². The summed E-state index contributed by atoms with van der Waals surface area (Å²) in [6.07, 6.45) is 4.22. The molecule has 1 saturated heterocycles. The normalized spacial score (nSPS) is 15.9. The third-order valence-corrected chi connectivity index (χ3v) is 5.60. The molecule has 1 atom stereocenters. The van der Waals surface area contributed by atoms with Gasteiger partial charge in [0, 0.05) is 56.3 Å². The zero-order chi connectivity index (χ0) is 21.1. The van der Waals surface area contributed by atoms with Gasteiger partial charge in [0.05, 0.1) is 11.7 Å². The molecule has 1 unspecified atom stereocenters. The lowest BCUT2D eigenvalue weighted by Gasteiger charge is -2.30. The van der Waals surface area contributed by atoms with Gasteiger partial charge in [-0.25, -0.2) is 4.98 Å². The van der Waals surface area contributed by atoms with Crippen molar-refractivity contribution in [1.29, 1.82) is 0 Å². The van der Waals surface area contributed by atoms with Gasteiger partial charge in [0.2, 0.25) is 5.95 Å². The maximum absolute atomic E-state index is 12.8. The third-order valence-electron chi connectivity index (χ3n) is 5.60. The van der Waals surface area contributed by atoms with Crippen LogP contribution in [0.5, 0.6) is 0 Å². The van der Waals surface area contributed by atoms with Gasteiger partial charge in [0.1, 0.15) is 0 Å². The smallest absolute Gasteiger partial charge is 0.255 e. The first-order chi connectivity index (χ1) is 14.6. The number of anilines is 1. The van der Waals surface area contributed by atoms with Crippen molar-refractivity contribution in [1.82, 2.24) is 19.4 Å². The molecule has 1 fully saturated rings. The topological polar surface area (TPSA) is 71.3 Å². The highest BCUT2D eigenvalue weighted by molar-refractivity contribution is 5.94. The molecule has 0 radical (unpaired) electrons. The molecule has 4 rings (SSSR count). The maximum atomic E-state index is 12.8. The maximum Gasteiger partial charge on any atom is 0.255 e. The van der Waals surface area contributed by atoms with E-state index in [0.717, 1.165) is 12.0 Å². The lowest BCUT2D eigenvalue weighted by Crippen LogP contribution is -2.42. The lowest BCUT2D eigenvalue weighted by atomic mass is 10.2. The molecule has 3 heterocycles. The van der Waals surface area contributed by atoms with Crippen molar-refractivity contribution in [3.8, 4) is 11.3 Å². The van der Waals surface area contributed by atoms with E-state index in [1.165, 1.54) is 0 Å². The summed E-state index contributed by atoms with van der Waals surface area (Å²) in [5, 5.41) is 0. The first kappa shape index (κ1) is 19.8. The van der Waals surface area contributed by atoms with E-state index in [0.29, 0.717) is 36.8 Å². The zero-order valence-electron chi connectivity index (χ0n) is 17.2. The molecule has 1 aliphatic heterocycles. The average Bonchev–Trinajstić information content (AvgIpc) is 3.27. The van der Waals surface area contributed by atoms with Crippen LogP contribution in [-0.2, 0) is 7.05 Å². The summed E-state index contributed by atoms with van der Waals surface area (Å²) in [6, 6.07) is 14.7. The predicted molar refractivity (Wildman–Crippen MR) is 116 cm³/mol. The average molecular weight is 403 g/mol. The Bertz CT molecular complexity index is 1080. The number of aromatic nitrogens is 3. The molecule has 0 N–H and O–H groups in total. The zero-order valence-corrected chi connectivity index (χ0v) is 17.2. The molecule has 1 aromatic carbocycles. The van der Waals surface area contributed by atoms with Crippen molar-refractivity contribution in [3.05, 3.63) is 76.8 Å². The number of hydrogen-bond acceptors (Lipinski definition) is 5. The van der Waals surface area contributed by atoms with Gasteiger partial charge in [-0.05, 0) is 37.6 Å². The summed E-state index contributed by atoms with van der Waals surface area (Å²) >= 11 is 0. The van der Waals surface area contributed by atoms with Gasteiger partial charge < -0.3 is 9.80 Å². The summed E-state index contributed by atoms with van der Waals surface area (Å²) in [5.41, 5.74) is 2.07. The Morgan fingerprint density at radius 3 is 2.60 bits per heavy atom. The van der Waals surface area contributed by atoms with Gasteiger partial charge in [-0.15, -0.1) is 0 Å². The highest BCUT2D eigenvalue weighted by atomic mass is 16.2. The van der Waals surface area contributed by atoms with Crippen LogP contribution < -0.4 is 10.5 Å². The fourth-order valence-corrected chi connectivity index (χ4v) is 3.96. The first-order valence-electron chi connectivity index (χ1n) is 10.2. The van der Waals surface area contributed by atoms with E-state index in [1.807, 2.05) is 54.3 Å². The Kier molecular flexibility index (Phi) is 5.61. The molecule has 0 spiro atoms. The van der Waals surface area contributed by atoms with Crippen LogP contribution in [0.1, 0.15) is 23.7 Å². The van der Waals surface area contributed by atoms with Crippen molar-refractivity contribution >= 4 is 11.9 Å². The van der Waals surface area contributed by atoms with Crippen LogP contribution >= 0.6 is 0 Å². The Morgan fingerprint density at radius 1 is 1.17 bits per heavy atom. The molecule has 154 valence electrons. The molecule has 3 aromatic rings. The number of nitrogens with zero attached hydrogens (tertiary/aromatic N) is 5. The van der Waals surface area contributed by atoms with E-state index in [2.05, 4.69) is 9.88 Å². The first-order valence-corrected chi connectivity index (χ1v) is 10.2. The number of rotatable bonds is 5. The summed E-state index contributed by atoms with van der Waals surface area (Å²) in [4.78, 5) is 38.3. The molecule has 7 nitrogen and oxygen atoms in total. The van der Waals surface area contributed by atoms with Crippen molar-refractivity contribution in [2.75, 3.05) is 24.5 Å². The minimum Gasteiger partial charge on any atom is -0.338 e. The number of pyridine rings is 1. The van der Waals surface area contributed by atoms with Crippen LogP contribution in [0.25, 0.3) is 11.3 Å². The summed E-state index contributed by atoms with van der Waals surface area (Å²) in [7, 11) is 1.74. The SMILES string of the molecule is CCN(c1nc(-c2ccncc2)cc(=O)n1C)C1CCN(C(=O)c2ccccc2)C1. The van der Waals surface area contributed by atoms with E-state index in [9.17, 15) is 9.59 Å². The highest BCUT2D eigenvalue weighted by Gasteiger charge is 2.32. The Balaban J connectivity index is 1.61. The number of carbonyl (C=O) groups excluding carboxylic acids is 1. The number of carbonyl (C=O) groups is 1. The van der Waals surface area contributed by atoms with Gasteiger partial charge in [-0.3, -0.25) is 19.1 Å². The second-order valence-electron chi connectivity index (χ2n) is 7.42. The molecule has 30 heavy (non-hydrogen) atoms. The fourth-order valence-electron chi connectivity index (χ4n) is 3.96. The highest BCUT2D eigenvalue weighted by Crippen LogP contribution is 2.24. The molecule has 1 amide bonds. The number of likely N-dealkylation sites (N-methyl/N-ethyl adjacent to an activating group) is 1. The van der Waals surface area contributed by atoms with Gasteiger partial charge in [-0.2, -0.15) is 0 Å². The quantitative estimate of drug-likeness (QED) is 0.655. The molecule has 7 heteroatoms. The molecular formula is C23H25N5O2. The van der Waals surface area contributed by atoms with Crippen LogP contribution in [0.2, 0.25) is 0 Å². The van der Waals surface area contributed by atoms with Gasteiger partial charge >= 0.3 is 0 Å². The van der Waals surface area contributed by atoms with E-state index in [4.69, 9.17) is 4.98 Å². The molecule has 0 aliphatic carbocycles. The van der Waals surface area contributed by atoms with Crippen LogP contribution in [0, 0.1) is 0 Å². The minimum absolute atomic E-state index is 0.0431. The third kappa shape index (κ3) is 3.83. The monoisotopic (exact) mass is 403 g/mol. The summed E-state index contributed by atoms with van der Waals surface area (Å²) in [5.74, 6) is 0.664. The predicted octanol–water partition coefficient (Wildman–Crippen LogP) is 2.58. The van der Waals surface area contributed by atoms with Crippen molar-refractivity contribution in [2.45, 2.75) is 19.4 Å². The Morgan fingerprint density at radius 2 is 1.90 bits per heavy atom. The van der Waals surface area contributed by atoms with E-state index >= 15 is 0 Å². The van der Waals surface area contributed by atoms with Crippen LogP contribution in [0.15, 0.2) is 65.7 Å². The molecular weight excluding hydrogens is 378 g/mol. The second-order valence-corrected chi connectivity index (χ2v) is 7.42. The second kappa shape index (κ2) is 8.49. The Labute approximate surface area is 175 Å². The van der Waals surface area contributed by atoms with Gasteiger partial charge in [0.15, 0.2) is 0 Å². The number of hydrogen-bond donors (Lipinski definition) is 0. The standard InChI is InChI=1S/C23H25N5O2/c1-3-28(19-11-14-27(16-19)22(30)18-7-5-4-6-8-18)23-25-20(15-21(29)26(23)2)17-9-12-24-13-10-17/h4-10,12-13,15,19H,3,11,14,16H2,1-2H3. The number of benzene rings is 1. The molecule has 1 aliphatic rings. The molecule has 0 bridgehead atoms. The fraction of sp³-hybridized carbons (Fsp3) is 0.304. The van der Waals surface area contributed by atoms with Crippen molar-refractivity contribution < 1.29 is 4.79 Å². The van der Waals surface area contributed by atoms with E-state index in [-0.39, 0.29) is 17.5 Å². The summed E-state index contributed by atoms with van der Waals surface area (Å²) in [6.45, 7) is 4.04. The molecule has 0 saturated carbocycles. The summed E-state index contributed by atoms with van der Waals surface area (Å²) < 4.78 is 1.58. The minimum atomic E-state index is -0.111. The lowest BCUT2D eigenvalue weighted by molar-refractivity contribution is 0.0790. The van der Waals surface area contributed by atoms with Crippen LogP contribution in [0.3, 0.4) is 0 Å². The van der Waals surface area contributed by atoms with Crippen molar-refractivity contribution in [2.24, 2.45) is 7.05 Å².